The first-order valence-electron chi connectivity index (χ1n) is 7.99. The van der Waals surface area contributed by atoms with Gasteiger partial charge in [-0.25, -0.2) is 4.79 Å². The van der Waals surface area contributed by atoms with Gasteiger partial charge in [0.2, 0.25) is 0 Å². The Morgan fingerprint density at radius 2 is 1.86 bits per heavy atom. The third-order valence-electron chi connectivity index (χ3n) is 3.35. The fourth-order valence-electron chi connectivity index (χ4n) is 1.86. The molecule has 0 amide bonds. The highest BCUT2D eigenvalue weighted by Crippen LogP contribution is 2.10. The highest BCUT2D eigenvalue weighted by Gasteiger charge is 2.14. The molecule has 3 heteroatoms. The summed E-state index contributed by atoms with van der Waals surface area (Å²) < 4.78 is 5.49. The summed E-state index contributed by atoms with van der Waals surface area (Å²) >= 11 is 0. The summed E-state index contributed by atoms with van der Waals surface area (Å²) in [6.45, 7) is 5.93. The van der Waals surface area contributed by atoms with E-state index in [0.29, 0.717) is 12.0 Å². The number of ether oxygens (including phenoxy) is 1. The number of benzene rings is 1. The fourth-order valence-corrected chi connectivity index (χ4v) is 1.86. The van der Waals surface area contributed by atoms with E-state index in [1.54, 1.807) is 24.3 Å². The minimum atomic E-state index is -0.691. The van der Waals surface area contributed by atoms with E-state index in [9.17, 15) is 9.90 Å². The SMILES string of the molecule is CCCCC[C@H](C#C[C@@H](O)C(C)C)OC(=O)c1ccccc1. The van der Waals surface area contributed by atoms with Gasteiger partial charge in [0.15, 0.2) is 6.10 Å². The first-order valence-corrected chi connectivity index (χ1v) is 7.99. The Balaban J connectivity index is 2.70. The minimum Gasteiger partial charge on any atom is -0.446 e. The number of aliphatic hydroxyl groups is 1. The maximum absolute atomic E-state index is 12.1. The molecule has 0 bridgehead atoms. The predicted molar refractivity (Wildman–Crippen MR) is 88.4 cm³/mol. The molecule has 1 aromatic rings. The summed E-state index contributed by atoms with van der Waals surface area (Å²) in [4.78, 5) is 12.1. The molecule has 0 saturated carbocycles. The number of aliphatic hydroxyl groups excluding tert-OH is 1. The zero-order valence-electron chi connectivity index (χ0n) is 13.7. The Kier molecular flexibility index (Phi) is 8.32. The molecule has 0 spiro atoms. The van der Waals surface area contributed by atoms with Crippen molar-refractivity contribution in [1.29, 1.82) is 0 Å². The normalized spacial score (nSPS) is 13.1. The summed E-state index contributed by atoms with van der Waals surface area (Å²) in [7, 11) is 0. The van der Waals surface area contributed by atoms with Crippen LogP contribution < -0.4 is 0 Å². The van der Waals surface area contributed by atoms with Crippen molar-refractivity contribution in [3.8, 4) is 11.8 Å². The maximum Gasteiger partial charge on any atom is 0.339 e. The third-order valence-corrected chi connectivity index (χ3v) is 3.35. The van der Waals surface area contributed by atoms with Gasteiger partial charge in [-0.1, -0.05) is 63.7 Å². The van der Waals surface area contributed by atoms with Gasteiger partial charge in [-0.2, -0.15) is 0 Å². The van der Waals surface area contributed by atoms with Gasteiger partial charge in [0.05, 0.1) is 5.56 Å². The van der Waals surface area contributed by atoms with Crippen LogP contribution in [0.15, 0.2) is 30.3 Å². The number of hydrogen-bond acceptors (Lipinski definition) is 3. The Morgan fingerprint density at radius 1 is 1.18 bits per heavy atom. The largest absolute Gasteiger partial charge is 0.446 e. The molecule has 0 aliphatic heterocycles. The summed E-state index contributed by atoms with van der Waals surface area (Å²) in [5.41, 5.74) is 0.522. The van der Waals surface area contributed by atoms with Gasteiger partial charge >= 0.3 is 5.97 Å². The lowest BCUT2D eigenvalue weighted by atomic mass is 10.1. The van der Waals surface area contributed by atoms with Gasteiger partial charge in [-0.15, -0.1) is 0 Å². The molecule has 3 nitrogen and oxygen atoms in total. The zero-order chi connectivity index (χ0) is 16.4. The maximum atomic E-state index is 12.1. The monoisotopic (exact) mass is 302 g/mol. The number of carbonyl (C=O) groups is 1. The number of rotatable bonds is 7. The van der Waals surface area contributed by atoms with Gasteiger partial charge < -0.3 is 9.84 Å². The Morgan fingerprint density at radius 3 is 2.45 bits per heavy atom. The molecule has 0 heterocycles. The summed E-state index contributed by atoms with van der Waals surface area (Å²) in [5.74, 6) is 5.41. The van der Waals surface area contributed by atoms with Crippen molar-refractivity contribution in [1.82, 2.24) is 0 Å². The van der Waals surface area contributed by atoms with Gasteiger partial charge in [0.1, 0.15) is 6.10 Å². The van der Waals surface area contributed by atoms with Crippen molar-refractivity contribution >= 4 is 5.97 Å². The molecule has 2 atom stereocenters. The number of esters is 1. The van der Waals surface area contributed by atoms with E-state index in [-0.39, 0.29) is 11.9 Å². The standard InChI is InChI=1S/C19H26O3/c1-4-5-7-12-17(13-14-18(20)15(2)3)22-19(21)16-10-8-6-9-11-16/h6,8-11,15,17-18,20H,4-5,7,12H2,1-3H3/t17-,18-/m1/s1. The first kappa shape index (κ1) is 18.3. The Bertz CT molecular complexity index is 496. The van der Waals surface area contributed by atoms with E-state index in [1.807, 2.05) is 19.9 Å². The molecule has 0 radical (unpaired) electrons. The molecule has 0 unspecified atom stereocenters. The van der Waals surface area contributed by atoms with Crippen molar-refractivity contribution < 1.29 is 14.6 Å². The van der Waals surface area contributed by atoms with E-state index < -0.39 is 12.2 Å². The number of hydrogen-bond donors (Lipinski definition) is 1. The quantitative estimate of drug-likeness (QED) is 0.473. The molecule has 0 saturated heterocycles. The van der Waals surface area contributed by atoms with Crippen LogP contribution in [0, 0.1) is 17.8 Å². The van der Waals surface area contributed by atoms with Crippen LogP contribution in [-0.4, -0.2) is 23.3 Å². The zero-order valence-corrected chi connectivity index (χ0v) is 13.7. The lowest BCUT2D eigenvalue weighted by molar-refractivity contribution is 0.0392. The van der Waals surface area contributed by atoms with Gasteiger partial charge in [-0.05, 0) is 30.9 Å². The Hall–Kier alpha value is -1.79. The van der Waals surface area contributed by atoms with Crippen LogP contribution in [0.3, 0.4) is 0 Å². The predicted octanol–water partition coefficient (Wildman–Crippen LogP) is 3.81. The van der Waals surface area contributed by atoms with Crippen LogP contribution >= 0.6 is 0 Å². The van der Waals surface area contributed by atoms with Crippen molar-refractivity contribution in [3.63, 3.8) is 0 Å². The molecule has 1 rings (SSSR count). The third kappa shape index (κ3) is 6.78. The van der Waals surface area contributed by atoms with Crippen LogP contribution in [0.4, 0.5) is 0 Å². The minimum absolute atomic E-state index is 0.0635. The molecular weight excluding hydrogens is 276 g/mol. The van der Waals surface area contributed by atoms with Gasteiger partial charge in [-0.3, -0.25) is 0 Å². The van der Waals surface area contributed by atoms with Crippen LogP contribution in [0.1, 0.15) is 56.8 Å². The average Bonchev–Trinajstić information content (AvgIpc) is 2.52. The highest BCUT2D eigenvalue weighted by atomic mass is 16.5. The van der Waals surface area contributed by atoms with E-state index in [4.69, 9.17) is 4.74 Å². The molecular formula is C19H26O3. The van der Waals surface area contributed by atoms with Crippen molar-refractivity contribution in [2.75, 3.05) is 0 Å². The van der Waals surface area contributed by atoms with Gasteiger partial charge in [0.25, 0.3) is 0 Å². The van der Waals surface area contributed by atoms with E-state index >= 15 is 0 Å². The molecule has 22 heavy (non-hydrogen) atoms. The molecule has 0 fully saturated rings. The molecule has 0 aromatic heterocycles. The van der Waals surface area contributed by atoms with Crippen LogP contribution in [0.25, 0.3) is 0 Å². The Labute approximate surface area is 133 Å². The summed E-state index contributed by atoms with van der Waals surface area (Å²) in [5, 5.41) is 9.78. The van der Waals surface area contributed by atoms with Crippen molar-refractivity contribution in [3.05, 3.63) is 35.9 Å². The fraction of sp³-hybridized carbons (Fsp3) is 0.526. The molecule has 1 aromatic carbocycles. The van der Waals surface area contributed by atoms with E-state index in [0.717, 1.165) is 19.3 Å². The lowest BCUT2D eigenvalue weighted by Crippen LogP contribution is -2.18. The molecule has 0 aliphatic rings. The van der Waals surface area contributed by atoms with Crippen molar-refractivity contribution in [2.45, 2.75) is 58.7 Å². The van der Waals surface area contributed by atoms with Crippen LogP contribution in [0.2, 0.25) is 0 Å². The topological polar surface area (TPSA) is 46.5 Å². The molecule has 120 valence electrons. The second-order valence-corrected chi connectivity index (χ2v) is 5.73. The smallest absolute Gasteiger partial charge is 0.339 e. The second kappa shape index (κ2) is 10.0. The number of carbonyl (C=O) groups excluding carboxylic acids is 1. The van der Waals surface area contributed by atoms with E-state index in [1.165, 1.54) is 0 Å². The summed E-state index contributed by atoms with van der Waals surface area (Å²) in [6.07, 6.45) is 2.67. The van der Waals surface area contributed by atoms with Crippen LogP contribution in [0.5, 0.6) is 0 Å². The summed E-state index contributed by atoms with van der Waals surface area (Å²) in [6, 6.07) is 8.91. The van der Waals surface area contributed by atoms with Crippen LogP contribution in [-0.2, 0) is 4.74 Å². The average molecular weight is 302 g/mol. The van der Waals surface area contributed by atoms with Crippen molar-refractivity contribution in [2.24, 2.45) is 5.92 Å². The van der Waals surface area contributed by atoms with E-state index in [2.05, 4.69) is 18.8 Å². The molecule has 1 N–H and O–H groups in total. The lowest BCUT2D eigenvalue weighted by Gasteiger charge is -2.13. The second-order valence-electron chi connectivity index (χ2n) is 5.73. The van der Waals surface area contributed by atoms with Gasteiger partial charge in [0, 0.05) is 0 Å². The molecule has 0 aliphatic carbocycles. The first-order chi connectivity index (χ1) is 10.5. The number of unbranched alkanes of at least 4 members (excludes halogenated alkanes) is 2. The highest BCUT2D eigenvalue weighted by molar-refractivity contribution is 5.89.